The minimum absolute atomic E-state index is 0.0165. The molecule has 6 nitrogen and oxygen atoms in total. The van der Waals surface area contributed by atoms with Crippen LogP contribution in [0.4, 0.5) is 0 Å². The average Bonchev–Trinajstić information content (AvgIpc) is 2.96. The van der Waals surface area contributed by atoms with E-state index >= 15 is 0 Å². The number of benzene rings is 1. The van der Waals surface area contributed by atoms with Gasteiger partial charge in [-0.05, 0) is 24.6 Å². The SMILES string of the molecule is CNC(=O)[C@@H]1CN(C(=O)COc2cccc(C)c2)C[C@H]1COC. The normalized spacial score (nSPS) is 20.4. The first-order chi connectivity index (χ1) is 11.0. The van der Waals surface area contributed by atoms with Gasteiger partial charge in [0.2, 0.25) is 5.91 Å². The van der Waals surface area contributed by atoms with E-state index in [1.54, 1.807) is 19.1 Å². The molecule has 0 radical (unpaired) electrons. The quantitative estimate of drug-likeness (QED) is 0.843. The molecule has 2 rings (SSSR count). The monoisotopic (exact) mass is 320 g/mol. The average molecular weight is 320 g/mol. The van der Waals surface area contributed by atoms with Crippen LogP contribution in [-0.2, 0) is 14.3 Å². The zero-order valence-corrected chi connectivity index (χ0v) is 13.9. The molecular weight excluding hydrogens is 296 g/mol. The van der Waals surface area contributed by atoms with Gasteiger partial charge in [-0.2, -0.15) is 0 Å². The van der Waals surface area contributed by atoms with E-state index in [4.69, 9.17) is 9.47 Å². The Labute approximate surface area is 136 Å². The van der Waals surface area contributed by atoms with Gasteiger partial charge in [-0.15, -0.1) is 0 Å². The second kappa shape index (κ2) is 7.97. The highest BCUT2D eigenvalue weighted by Gasteiger charge is 2.39. The number of nitrogens with zero attached hydrogens (tertiary/aromatic N) is 1. The summed E-state index contributed by atoms with van der Waals surface area (Å²) in [6.45, 7) is 3.33. The van der Waals surface area contributed by atoms with Crippen LogP contribution >= 0.6 is 0 Å². The Morgan fingerprint density at radius 1 is 1.35 bits per heavy atom. The molecule has 0 unspecified atom stereocenters. The smallest absolute Gasteiger partial charge is 0.260 e. The molecule has 1 aliphatic heterocycles. The van der Waals surface area contributed by atoms with Crippen molar-refractivity contribution in [3.05, 3.63) is 29.8 Å². The van der Waals surface area contributed by atoms with Crippen molar-refractivity contribution < 1.29 is 19.1 Å². The molecule has 23 heavy (non-hydrogen) atoms. The van der Waals surface area contributed by atoms with Gasteiger partial charge >= 0.3 is 0 Å². The highest BCUT2D eigenvalue weighted by Crippen LogP contribution is 2.24. The Morgan fingerprint density at radius 2 is 2.13 bits per heavy atom. The molecule has 1 saturated heterocycles. The van der Waals surface area contributed by atoms with E-state index in [9.17, 15) is 9.59 Å². The van der Waals surface area contributed by atoms with Gasteiger partial charge in [0.1, 0.15) is 5.75 Å². The highest BCUT2D eigenvalue weighted by atomic mass is 16.5. The first-order valence-electron chi connectivity index (χ1n) is 7.73. The lowest BCUT2D eigenvalue weighted by molar-refractivity contribution is -0.132. The molecule has 126 valence electrons. The minimum atomic E-state index is -0.233. The van der Waals surface area contributed by atoms with Crippen molar-refractivity contribution in [3.8, 4) is 5.75 Å². The first-order valence-corrected chi connectivity index (χ1v) is 7.73. The standard InChI is InChI=1S/C17H24N2O4/c1-12-5-4-6-14(7-12)23-11-16(20)19-8-13(10-22-3)15(9-19)17(21)18-2/h4-7,13,15H,8-11H2,1-3H3,(H,18,21)/t13-,15+/m0/s1. The summed E-state index contributed by atoms with van der Waals surface area (Å²) in [6.07, 6.45) is 0. The van der Waals surface area contributed by atoms with Gasteiger partial charge in [0.05, 0.1) is 12.5 Å². The summed E-state index contributed by atoms with van der Waals surface area (Å²) in [5.41, 5.74) is 1.08. The van der Waals surface area contributed by atoms with Crippen molar-refractivity contribution in [2.24, 2.45) is 11.8 Å². The summed E-state index contributed by atoms with van der Waals surface area (Å²) in [5, 5.41) is 2.66. The molecule has 2 amide bonds. The van der Waals surface area contributed by atoms with Crippen LogP contribution in [0.5, 0.6) is 5.75 Å². The van der Waals surface area contributed by atoms with E-state index in [1.807, 2.05) is 31.2 Å². The molecule has 0 aromatic heterocycles. The van der Waals surface area contributed by atoms with Crippen molar-refractivity contribution in [3.63, 3.8) is 0 Å². The number of ether oxygens (including phenoxy) is 2. The number of aryl methyl sites for hydroxylation is 1. The van der Waals surface area contributed by atoms with Crippen LogP contribution in [0.1, 0.15) is 5.56 Å². The number of nitrogens with one attached hydrogen (secondary N) is 1. The van der Waals surface area contributed by atoms with Gasteiger partial charge in [0.15, 0.2) is 6.61 Å². The lowest BCUT2D eigenvalue weighted by atomic mass is 9.96. The van der Waals surface area contributed by atoms with Gasteiger partial charge in [0, 0.05) is 33.2 Å². The number of carbonyl (C=O) groups excluding carboxylic acids is 2. The van der Waals surface area contributed by atoms with E-state index in [2.05, 4.69) is 5.32 Å². The fourth-order valence-corrected chi connectivity index (χ4v) is 2.88. The van der Waals surface area contributed by atoms with Gasteiger partial charge < -0.3 is 19.7 Å². The summed E-state index contributed by atoms with van der Waals surface area (Å²) in [4.78, 5) is 26.0. The number of hydrogen-bond donors (Lipinski definition) is 1. The molecule has 1 aromatic carbocycles. The summed E-state index contributed by atoms with van der Waals surface area (Å²) < 4.78 is 10.7. The van der Waals surface area contributed by atoms with E-state index in [-0.39, 0.29) is 30.3 Å². The third kappa shape index (κ3) is 4.45. The van der Waals surface area contributed by atoms with E-state index in [0.29, 0.717) is 25.4 Å². The Bertz CT molecular complexity index is 561. The van der Waals surface area contributed by atoms with Crippen molar-refractivity contribution in [2.45, 2.75) is 6.92 Å². The molecule has 2 atom stereocenters. The maximum atomic E-state index is 12.3. The van der Waals surface area contributed by atoms with Crippen molar-refractivity contribution >= 4 is 11.8 Å². The fraction of sp³-hybridized carbons (Fsp3) is 0.529. The second-order valence-electron chi connectivity index (χ2n) is 5.84. The van der Waals surface area contributed by atoms with Crippen molar-refractivity contribution in [1.82, 2.24) is 10.2 Å². The number of hydrogen-bond acceptors (Lipinski definition) is 4. The van der Waals surface area contributed by atoms with Crippen LogP contribution in [0.15, 0.2) is 24.3 Å². The third-order valence-corrected chi connectivity index (χ3v) is 4.11. The number of methoxy groups -OCH3 is 1. The number of likely N-dealkylation sites (tertiary alicyclic amines) is 1. The van der Waals surface area contributed by atoms with Gasteiger partial charge in [-0.3, -0.25) is 9.59 Å². The molecule has 1 fully saturated rings. The molecule has 0 bridgehead atoms. The molecule has 6 heteroatoms. The summed E-state index contributed by atoms with van der Waals surface area (Å²) in [7, 11) is 3.21. The molecule has 0 aliphatic carbocycles. The topological polar surface area (TPSA) is 67.9 Å². The van der Waals surface area contributed by atoms with Crippen LogP contribution in [0.3, 0.4) is 0 Å². The van der Waals surface area contributed by atoms with Crippen LogP contribution < -0.4 is 10.1 Å². The Morgan fingerprint density at radius 3 is 2.78 bits per heavy atom. The molecule has 1 aromatic rings. The maximum Gasteiger partial charge on any atom is 0.260 e. The molecule has 1 N–H and O–H groups in total. The maximum absolute atomic E-state index is 12.3. The van der Waals surface area contributed by atoms with Gasteiger partial charge in [0.25, 0.3) is 5.91 Å². The Kier molecular flexibility index (Phi) is 5.98. The van der Waals surface area contributed by atoms with Gasteiger partial charge in [-0.1, -0.05) is 12.1 Å². The lowest BCUT2D eigenvalue weighted by Crippen LogP contribution is -2.36. The Balaban J connectivity index is 1.93. The summed E-state index contributed by atoms with van der Waals surface area (Å²) in [6, 6.07) is 7.57. The summed E-state index contributed by atoms with van der Waals surface area (Å²) >= 11 is 0. The van der Waals surface area contributed by atoms with Crippen molar-refractivity contribution in [2.75, 3.05) is 40.5 Å². The number of rotatable bonds is 6. The van der Waals surface area contributed by atoms with Crippen LogP contribution in [-0.4, -0.2) is 57.2 Å². The van der Waals surface area contributed by atoms with Crippen LogP contribution in [0.2, 0.25) is 0 Å². The van der Waals surface area contributed by atoms with E-state index < -0.39 is 0 Å². The van der Waals surface area contributed by atoms with E-state index in [1.165, 1.54) is 0 Å². The Hall–Kier alpha value is -2.08. The summed E-state index contributed by atoms with van der Waals surface area (Å²) in [5.74, 6) is 0.292. The molecule has 0 saturated carbocycles. The molecule has 1 heterocycles. The lowest BCUT2D eigenvalue weighted by Gasteiger charge is -2.16. The minimum Gasteiger partial charge on any atom is -0.484 e. The zero-order valence-electron chi connectivity index (χ0n) is 13.9. The van der Waals surface area contributed by atoms with Crippen LogP contribution in [0.25, 0.3) is 0 Å². The van der Waals surface area contributed by atoms with Gasteiger partial charge in [-0.25, -0.2) is 0 Å². The first kappa shape index (κ1) is 17.3. The number of carbonyl (C=O) groups is 2. The molecule has 1 aliphatic rings. The second-order valence-corrected chi connectivity index (χ2v) is 5.84. The van der Waals surface area contributed by atoms with E-state index in [0.717, 1.165) is 5.56 Å². The predicted molar refractivity (Wildman–Crippen MR) is 86.2 cm³/mol. The predicted octanol–water partition coefficient (Wildman–Crippen LogP) is 0.841. The number of amides is 2. The van der Waals surface area contributed by atoms with Crippen LogP contribution in [0, 0.1) is 18.8 Å². The largest absolute Gasteiger partial charge is 0.484 e. The highest BCUT2D eigenvalue weighted by molar-refractivity contribution is 5.83. The zero-order chi connectivity index (χ0) is 16.8. The fourth-order valence-electron chi connectivity index (χ4n) is 2.88. The molecule has 0 spiro atoms. The molecular formula is C17H24N2O4. The third-order valence-electron chi connectivity index (χ3n) is 4.11. The van der Waals surface area contributed by atoms with Crippen molar-refractivity contribution in [1.29, 1.82) is 0 Å².